The van der Waals surface area contributed by atoms with Crippen LogP contribution < -0.4 is 9.47 Å². The fourth-order valence-electron chi connectivity index (χ4n) is 3.21. The molecule has 0 aliphatic carbocycles. The highest BCUT2D eigenvalue weighted by Crippen LogP contribution is 2.24. The number of likely N-dealkylation sites (tertiary alicyclic amines) is 1. The summed E-state index contributed by atoms with van der Waals surface area (Å²) in [6, 6.07) is 9.90. The molecule has 1 amide bonds. The van der Waals surface area contributed by atoms with Crippen LogP contribution in [0.2, 0.25) is 0 Å². The molecule has 1 heterocycles. The van der Waals surface area contributed by atoms with Crippen LogP contribution in [0.1, 0.15) is 23.2 Å². The lowest BCUT2D eigenvalue weighted by atomic mass is 9.89. The molecule has 3 rings (SSSR count). The van der Waals surface area contributed by atoms with E-state index in [1.807, 2.05) is 0 Å². The Morgan fingerprint density at radius 1 is 1.07 bits per heavy atom. The smallest absolute Gasteiger partial charge is 0.260 e. The molecular weight excluding hydrogens is 368 g/mol. The molecule has 0 spiro atoms. The first kappa shape index (κ1) is 19.8. The average molecular weight is 389 g/mol. The van der Waals surface area contributed by atoms with Crippen molar-refractivity contribution in [3.05, 3.63) is 59.7 Å². The molecule has 0 aromatic heterocycles. The normalized spacial score (nSPS) is 14.6. The van der Waals surface area contributed by atoms with E-state index in [-0.39, 0.29) is 30.0 Å². The molecule has 0 unspecified atom stereocenters. The van der Waals surface area contributed by atoms with E-state index in [2.05, 4.69) is 0 Å². The maximum atomic E-state index is 13.6. The number of ether oxygens (including phenoxy) is 2. The van der Waals surface area contributed by atoms with Gasteiger partial charge in [0.25, 0.3) is 5.91 Å². The zero-order chi connectivity index (χ0) is 20.1. The van der Waals surface area contributed by atoms with Gasteiger partial charge in [-0.05, 0) is 49.2 Å². The molecule has 0 bridgehead atoms. The van der Waals surface area contributed by atoms with Crippen LogP contribution in [0, 0.1) is 17.6 Å². The number of piperidine rings is 1. The van der Waals surface area contributed by atoms with Gasteiger partial charge in [-0.2, -0.15) is 0 Å². The first-order valence-electron chi connectivity index (χ1n) is 9.02. The molecule has 1 fully saturated rings. The molecule has 2 aromatic carbocycles. The Morgan fingerprint density at radius 2 is 1.75 bits per heavy atom. The zero-order valence-corrected chi connectivity index (χ0v) is 15.5. The predicted molar refractivity (Wildman–Crippen MR) is 98.5 cm³/mol. The predicted octanol–water partition coefficient (Wildman–Crippen LogP) is 3.47. The molecule has 5 nitrogen and oxygen atoms in total. The van der Waals surface area contributed by atoms with Crippen LogP contribution in [0.5, 0.6) is 11.5 Å². The number of hydrogen-bond acceptors (Lipinski definition) is 4. The number of hydrogen-bond donors (Lipinski definition) is 0. The number of ketones is 1. The van der Waals surface area contributed by atoms with Crippen LogP contribution in [0.3, 0.4) is 0 Å². The molecule has 1 aliphatic rings. The number of carbonyl (C=O) groups excluding carboxylic acids is 2. The van der Waals surface area contributed by atoms with Crippen LogP contribution in [0.15, 0.2) is 42.5 Å². The summed E-state index contributed by atoms with van der Waals surface area (Å²) in [7, 11) is 1.57. The number of benzene rings is 2. The van der Waals surface area contributed by atoms with E-state index in [0.717, 1.165) is 12.1 Å². The van der Waals surface area contributed by atoms with Gasteiger partial charge in [0.15, 0.2) is 24.0 Å². The summed E-state index contributed by atoms with van der Waals surface area (Å²) >= 11 is 0. The summed E-state index contributed by atoms with van der Waals surface area (Å²) in [6.07, 6.45) is 1.11. The van der Waals surface area contributed by atoms with Gasteiger partial charge in [0.05, 0.1) is 7.11 Å². The van der Waals surface area contributed by atoms with E-state index >= 15 is 0 Å². The van der Waals surface area contributed by atoms with Crippen molar-refractivity contribution in [3.63, 3.8) is 0 Å². The number of nitrogens with zero attached hydrogens (tertiary/aromatic N) is 1. The maximum absolute atomic E-state index is 13.6. The van der Waals surface area contributed by atoms with Crippen molar-refractivity contribution < 1.29 is 27.8 Å². The molecule has 7 heteroatoms. The van der Waals surface area contributed by atoms with Crippen LogP contribution in [-0.2, 0) is 4.79 Å². The second-order valence-corrected chi connectivity index (χ2v) is 6.61. The fourth-order valence-corrected chi connectivity index (χ4v) is 3.21. The summed E-state index contributed by atoms with van der Waals surface area (Å²) < 4.78 is 36.7. The highest BCUT2D eigenvalue weighted by atomic mass is 19.1. The van der Waals surface area contributed by atoms with E-state index in [9.17, 15) is 18.4 Å². The standard InChI is InChI=1S/C21H21F2NO4/c1-27-17-5-2-14(3-6-17)21(26)15-8-10-24(11-9-15)20(25)13-28-19-7-4-16(22)12-18(19)23/h2-7,12,15H,8-11,13H2,1H3. The van der Waals surface area contributed by atoms with Crippen LogP contribution in [0.4, 0.5) is 8.78 Å². The van der Waals surface area contributed by atoms with E-state index in [1.54, 1.807) is 36.3 Å². The van der Waals surface area contributed by atoms with E-state index < -0.39 is 11.6 Å². The molecule has 1 saturated heterocycles. The van der Waals surface area contributed by atoms with Gasteiger partial charge in [-0.3, -0.25) is 9.59 Å². The third-order valence-electron chi connectivity index (χ3n) is 4.84. The van der Waals surface area contributed by atoms with Crippen LogP contribution in [-0.4, -0.2) is 43.4 Å². The first-order valence-corrected chi connectivity index (χ1v) is 9.02. The lowest BCUT2D eigenvalue weighted by Gasteiger charge is -2.31. The van der Waals surface area contributed by atoms with Crippen molar-refractivity contribution in [2.45, 2.75) is 12.8 Å². The van der Waals surface area contributed by atoms with Crippen molar-refractivity contribution >= 4 is 11.7 Å². The molecule has 28 heavy (non-hydrogen) atoms. The lowest BCUT2D eigenvalue weighted by Crippen LogP contribution is -2.42. The summed E-state index contributed by atoms with van der Waals surface area (Å²) in [6.45, 7) is 0.529. The number of rotatable bonds is 6. The molecule has 0 N–H and O–H groups in total. The Hall–Kier alpha value is -2.96. The van der Waals surface area contributed by atoms with Crippen molar-refractivity contribution in [3.8, 4) is 11.5 Å². The third-order valence-corrected chi connectivity index (χ3v) is 4.84. The van der Waals surface area contributed by atoms with Gasteiger partial charge < -0.3 is 14.4 Å². The van der Waals surface area contributed by atoms with E-state index in [4.69, 9.17) is 9.47 Å². The fraction of sp³-hybridized carbons (Fsp3) is 0.333. The summed E-state index contributed by atoms with van der Waals surface area (Å²) in [4.78, 5) is 26.5. The molecule has 0 radical (unpaired) electrons. The minimum atomic E-state index is -0.850. The average Bonchev–Trinajstić information content (AvgIpc) is 2.72. The van der Waals surface area contributed by atoms with Crippen LogP contribution in [0.25, 0.3) is 0 Å². The third kappa shape index (κ3) is 4.65. The van der Waals surface area contributed by atoms with Gasteiger partial charge in [0.1, 0.15) is 11.6 Å². The Labute approximate surface area is 161 Å². The van der Waals surface area contributed by atoms with Crippen molar-refractivity contribution in [1.29, 1.82) is 0 Å². The minimum Gasteiger partial charge on any atom is -0.497 e. The molecule has 0 atom stereocenters. The molecule has 0 saturated carbocycles. The Kier molecular flexibility index (Phi) is 6.23. The van der Waals surface area contributed by atoms with Crippen molar-refractivity contribution in [1.82, 2.24) is 4.90 Å². The molecule has 2 aromatic rings. The van der Waals surface area contributed by atoms with Gasteiger partial charge in [-0.1, -0.05) is 0 Å². The van der Waals surface area contributed by atoms with E-state index in [1.165, 1.54) is 0 Å². The van der Waals surface area contributed by atoms with Gasteiger partial charge >= 0.3 is 0 Å². The second-order valence-electron chi connectivity index (χ2n) is 6.61. The van der Waals surface area contributed by atoms with E-state index in [0.29, 0.717) is 43.3 Å². The Balaban J connectivity index is 1.49. The minimum absolute atomic E-state index is 0.0550. The number of Topliss-reactive ketones (excluding diaryl/α,β-unsaturated/α-hetero) is 1. The largest absolute Gasteiger partial charge is 0.497 e. The topological polar surface area (TPSA) is 55.8 Å². The Morgan fingerprint density at radius 3 is 2.36 bits per heavy atom. The summed E-state index contributed by atoms with van der Waals surface area (Å²) in [5.41, 5.74) is 0.626. The van der Waals surface area contributed by atoms with Crippen molar-refractivity contribution in [2.75, 3.05) is 26.8 Å². The molecule has 148 valence electrons. The maximum Gasteiger partial charge on any atom is 0.260 e. The van der Waals surface area contributed by atoms with Crippen LogP contribution >= 0.6 is 0 Å². The number of carbonyl (C=O) groups is 2. The SMILES string of the molecule is COc1ccc(C(=O)C2CCN(C(=O)COc3ccc(F)cc3F)CC2)cc1. The highest BCUT2D eigenvalue weighted by molar-refractivity contribution is 5.98. The molecule has 1 aliphatic heterocycles. The number of halogens is 2. The summed E-state index contributed by atoms with van der Waals surface area (Å²) in [5, 5.41) is 0. The highest BCUT2D eigenvalue weighted by Gasteiger charge is 2.28. The van der Waals surface area contributed by atoms with Gasteiger partial charge in [-0.25, -0.2) is 8.78 Å². The molecular formula is C21H21F2NO4. The van der Waals surface area contributed by atoms with Gasteiger partial charge in [0, 0.05) is 30.6 Å². The first-order chi connectivity index (χ1) is 13.5. The van der Waals surface area contributed by atoms with Gasteiger partial charge in [-0.15, -0.1) is 0 Å². The quantitative estimate of drug-likeness (QED) is 0.710. The van der Waals surface area contributed by atoms with Gasteiger partial charge in [0.2, 0.25) is 0 Å². The Bertz CT molecular complexity index is 846. The monoisotopic (exact) mass is 389 g/mol. The zero-order valence-electron chi connectivity index (χ0n) is 15.5. The van der Waals surface area contributed by atoms with Crippen molar-refractivity contribution in [2.24, 2.45) is 5.92 Å². The number of amides is 1. The second kappa shape index (κ2) is 8.82. The summed E-state index contributed by atoms with van der Waals surface area (Å²) in [5.74, 6) is -1.42. The number of methoxy groups -OCH3 is 1. The lowest BCUT2D eigenvalue weighted by molar-refractivity contribution is -0.134.